The lowest BCUT2D eigenvalue weighted by atomic mass is 10.1. The number of nitrogens with one attached hydrogen (secondary N) is 1. The van der Waals surface area contributed by atoms with E-state index in [1.807, 2.05) is 19.1 Å². The third kappa shape index (κ3) is 3.96. The molecule has 0 heterocycles. The SMILES string of the molecule is Cc1ccc(C(=O)NC2CCCCCC2Br)cc1Cl. The van der Waals surface area contributed by atoms with Crippen molar-refractivity contribution in [3.63, 3.8) is 0 Å². The van der Waals surface area contributed by atoms with Gasteiger partial charge < -0.3 is 5.32 Å². The number of aryl methyl sites for hydroxylation is 1. The molecule has 0 aliphatic heterocycles. The summed E-state index contributed by atoms with van der Waals surface area (Å²) in [5.74, 6) is -0.0294. The zero-order valence-corrected chi connectivity index (χ0v) is 13.4. The molecule has 1 aliphatic rings. The van der Waals surface area contributed by atoms with Gasteiger partial charge in [-0.3, -0.25) is 4.79 Å². The minimum Gasteiger partial charge on any atom is -0.348 e. The second kappa shape index (κ2) is 6.76. The van der Waals surface area contributed by atoms with Gasteiger partial charge in [-0.1, -0.05) is 52.9 Å². The highest BCUT2D eigenvalue weighted by Gasteiger charge is 2.23. The third-order valence-electron chi connectivity index (χ3n) is 3.68. The molecule has 104 valence electrons. The van der Waals surface area contributed by atoms with Crippen molar-refractivity contribution in [1.29, 1.82) is 0 Å². The Morgan fingerprint density at radius 1 is 1.32 bits per heavy atom. The standard InChI is InChI=1S/C15H19BrClNO/c1-10-7-8-11(9-13(10)17)15(19)18-14-6-4-2-3-5-12(14)16/h7-9,12,14H,2-6H2,1H3,(H,18,19). The molecule has 1 aliphatic carbocycles. The maximum atomic E-state index is 12.2. The van der Waals surface area contributed by atoms with Gasteiger partial charge in [0.1, 0.15) is 0 Å². The van der Waals surface area contributed by atoms with Crippen molar-refractivity contribution in [3.8, 4) is 0 Å². The smallest absolute Gasteiger partial charge is 0.251 e. The molecule has 0 saturated heterocycles. The van der Waals surface area contributed by atoms with Gasteiger partial charge in [0, 0.05) is 21.5 Å². The van der Waals surface area contributed by atoms with E-state index in [0.717, 1.165) is 18.4 Å². The van der Waals surface area contributed by atoms with Crippen molar-refractivity contribution in [2.24, 2.45) is 0 Å². The Labute approximate surface area is 128 Å². The van der Waals surface area contributed by atoms with Gasteiger partial charge in [-0.2, -0.15) is 0 Å². The second-order valence-electron chi connectivity index (χ2n) is 5.20. The molecule has 1 aromatic carbocycles. The molecule has 0 bridgehead atoms. The van der Waals surface area contributed by atoms with Gasteiger partial charge in [0.05, 0.1) is 0 Å². The summed E-state index contributed by atoms with van der Waals surface area (Å²) in [7, 11) is 0. The molecule has 4 heteroatoms. The van der Waals surface area contributed by atoms with Gasteiger partial charge in [0.2, 0.25) is 0 Å². The van der Waals surface area contributed by atoms with Crippen LogP contribution < -0.4 is 5.32 Å². The van der Waals surface area contributed by atoms with Crippen molar-refractivity contribution in [1.82, 2.24) is 5.32 Å². The zero-order valence-electron chi connectivity index (χ0n) is 11.1. The number of benzene rings is 1. The molecule has 0 radical (unpaired) electrons. The fourth-order valence-electron chi connectivity index (χ4n) is 2.41. The van der Waals surface area contributed by atoms with E-state index in [9.17, 15) is 4.79 Å². The minimum atomic E-state index is -0.0294. The first-order valence-electron chi connectivity index (χ1n) is 6.79. The predicted octanol–water partition coefficient (Wildman–Crippen LogP) is 4.47. The normalized spacial score (nSPS) is 23.7. The minimum absolute atomic E-state index is 0.0294. The van der Waals surface area contributed by atoms with Gasteiger partial charge in [0.25, 0.3) is 5.91 Å². The van der Waals surface area contributed by atoms with E-state index in [1.54, 1.807) is 6.07 Å². The third-order valence-corrected chi connectivity index (χ3v) is 5.19. The quantitative estimate of drug-likeness (QED) is 0.622. The lowest BCUT2D eigenvalue weighted by Gasteiger charge is -2.21. The van der Waals surface area contributed by atoms with Gasteiger partial charge >= 0.3 is 0 Å². The molecule has 1 N–H and O–H groups in total. The molecule has 0 spiro atoms. The van der Waals surface area contributed by atoms with Crippen LogP contribution in [0.15, 0.2) is 18.2 Å². The zero-order chi connectivity index (χ0) is 13.8. The van der Waals surface area contributed by atoms with E-state index in [-0.39, 0.29) is 11.9 Å². The van der Waals surface area contributed by atoms with E-state index < -0.39 is 0 Å². The summed E-state index contributed by atoms with van der Waals surface area (Å²) in [5.41, 5.74) is 1.63. The number of rotatable bonds is 2. The summed E-state index contributed by atoms with van der Waals surface area (Å²) in [4.78, 5) is 12.6. The van der Waals surface area contributed by atoms with Crippen LogP contribution in [-0.4, -0.2) is 16.8 Å². The molecule has 0 aromatic heterocycles. The highest BCUT2D eigenvalue weighted by molar-refractivity contribution is 9.09. The van der Waals surface area contributed by atoms with Crippen LogP contribution in [0.2, 0.25) is 5.02 Å². The molecule has 1 amide bonds. The van der Waals surface area contributed by atoms with Gasteiger partial charge in [-0.25, -0.2) is 0 Å². The molecule has 2 nitrogen and oxygen atoms in total. The number of halogens is 2. The van der Waals surface area contributed by atoms with Crippen LogP contribution in [0.3, 0.4) is 0 Å². The van der Waals surface area contributed by atoms with Crippen molar-refractivity contribution < 1.29 is 4.79 Å². The Kier molecular flexibility index (Phi) is 5.28. The number of hydrogen-bond donors (Lipinski definition) is 1. The van der Waals surface area contributed by atoms with Crippen LogP contribution in [0, 0.1) is 6.92 Å². The molecular formula is C15H19BrClNO. The molecule has 2 rings (SSSR count). The van der Waals surface area contributed by atoms with Gasteiger partial charge in [0.15, 0.2) is 0 Å². The first-order chi connectivity index (χ1) is 9.08. The fourth-order valence-corrected chi connectivity index (χ4v) is 3.31. The maximum absolute atomic E-state index is 12.2. The lowest BCUT2D eigenvalue weighted by Crippen LogP contribution is -2.40. The molecule has 2 unspecified atom stereocenters. The van der Waals surface area contributed by atoms with Gasteiger partial charge in [-0.15, -0.1) is 0 Å². The largest absolute Gasteiger partial charge is 0.348 e. The van der Waals surface area contributed by atoms with E-state index in [4.69, 9.17) is 11.6 Å². The van der Waals surface area contributed by atoms with Crippen LogP contribution >= 0.6 is 27.5 Å². The van der Waals surface area contributed by atoms with Crippen LogP contribution in [0.1, 0.15) is 48.0 Å². The summed E-state index contributed by atoms with van der Waals surface area (Å²) >= 11 is 9.76. The topological polar surface area (TPSA) is 29.1 Å². The lowest BCUT2D eigenvalue weighted by molar-refractivity contribution is 0.0935. The monoisotopic (exact) mass is 343 g/mol. The summed E-state index contributed by atoms with van der Waals surface area (Å²) in [5, 5.41) is 3.77. The van der Waals surface area contributed by atoms with Crippen LogP contribution in [0.25, 0.3) is 0 Å². The van der Waals surface area contributed by atoms with Crippen LogP contribution in [0.5, 0.6) is 0 Å². The average molecular weight is 345 g/mol. The van der Waals surface area contributed by atoms with Crippen molar-refractivity contribution in [2.75, 3.05) is 0 Å². The Bertz CT molecular complexity index is 463. The summed E-state index contributed by atoms with van der Waals surface area (Å²) in [6.07, 6.45) is 5.84. The number of hydrogen-bond acceptors (Lipinski definition) is 1. The molecular weight excluding hydrogens is 326 g/mol. The molecule has 1 fully saturated rings. The number of carbonyl (C=O) groups is 1. The molecule has 1 aromatic rings. The Balaban J connectivity index is 2.05. The summed E-state index contributed by atoms with van der Waals surface area (Å²) in [6, 6.07) is 5.67. The van der Waals surface area contributed by atoms with Crippen LogP contribution in [-0.2, 0) is 0 Å². The van der Waals surface area contributed by atoms with E-state index in [0.29, 0.717) is 15.4 Å². The number of amides is 1. The Hall–Kier alpha value is -0.540. The van der Waals surface area contributed by atoms with E-state index >= 15 is 0 Å². The van der Waals surface area contributed by atoms with Crippen LogP contribution in [0.4, 0.5) is 0 Å². The van der Waals surface area contributed by atoms with Crippen molar-refractivity contribution in [2.45, 2.75) is 49.9 Å². The van der Waals surface area contributed by atoms with E-state index in [2.05, 4.69) is 21.2 Å². The average Bonchev–Trinajstić information content (AvgIpc) is 2.58. The molecule has 1 saturated carbocycles. The molecule has 19 heavy (non-hydrogen) atoms. The number of alkyl halides is 1. The van der Waals surface area contributed by atoms with Gasteiger partial charge in [-0.05, 0) is 37.5 Å². The first kappa shape index (κ1) is 14.9. The van der Waals surface area contributed by atoms with E-state index in [1.165, 1.54) is 19.3 Å². The predicted molar refractivity (Wildman–Crippen MR) is 83.2 cm³/mol. The van der Waals surface area contributed by atoms with Crippen molar-refractivity contribution in [3.05, 3.63) is 34.3 Å². The Morgan fingerprint density at radius 2 is 2.05 bits per heavy atom. The second-order valence-corrected chi connectivity index (χ2v) is 6.78. The van der Waals surface area contributed by atoms with Crippen molar-refractivity contribution >= 4 is 33.4 Å². The summed E-state index contributed by atoms with van der Waals surface area (Å²) < 4.78 is 0. The highest BCUT2D eigenvalue weighted by atomic mass is 79.9. The number of carbonyl (C=O) groups excluding carboxylic acids is 1. The summed E-state index contributed by atoms with van der Waals surface area (Å²) in [6.45, 7) is 1.93. The fraction of sp³-hybridized carbons (Fsp3) is 0.533. The highest BCUT2D eigenvalue weighted by Crippen LogP contribution is 2.24. The molecule has 2 atom stereocenters. The Morgan fingerprint density at radius 3 is 2.79 bits per heavy atom. The maximum Gasteiger partial charge on any atom is 0.251 e. The first-order valence-corrected chi connectivity index (χ1v) is 8.08.